The van der Waals surface area contributed by atoms with E-state index < -0.39 is 0 Å². The Labute approximate surface area is 107 Å². The first-order valence-electron chi connectivity index (χ1n) is 7.00. The Bertz CT molecular complexity index is 435. The van der Waals surface area contributed by atoms with Crippen molar-refractivity contribution in [2.24, 2.45) is 5.92 Å². The Morgan fingerprint density at radius 2 is 2.11 bits per heavy atom. The third-order valence-corrected chi connectivity index (χ3v) is 4.35. The number of carbonyl (C=O) groups excluding carboxylic acids is 1. The van der Waals surface area contributed by atoms with E-state index in [1.165, 1.54) is 25.7 Å². The fourth-order valence-electron chi connectivity index (χ4n) is 3.49. The standard InChI is InChI=1S/C14H20N2O2/c1-10-9-12(15-18-10)14(17)16-8-4-7-13(16)11-5-2-3-6-11/h9,11,13H,2-8H2,1H3/t13-/m0/s1. The molecule has 4 nitrogen and oxygen atoms in total. The van der Waals surface area contributed by atoms with Crippen LogP contribution in [0.25, 0.3) is 0 Å². The van der Waals surface area contributed by atoms with Crippen molar-refractivity contribution < 1.29 is 9.32 Å². The normalized spacial score (nSPS) is 24.9. The van der Waals surface area contributed by atoms with E-state index in [2.05, 4.69) is 5.16 Å². The van der Waals surface area contributed by atoms with Gasteiger partial charge in [0.05, 0.1) is 0 Å². The van der Waals surface area contributed by atoms with Gasteiger partial charge in [0.15, 0.2) is 5.69 Å². The first kappa shape index (κ1) is 11.8. The second-order valence-electron chi connectivity index (χ2n) is 5.58. The number of aromatic nitrogens is 1. The van der Waals surface area contributed by atoms with Crippen LogP contribution in [0.4, 0.5) is 0 Å². The molecular weight excluding hydrogens is 228 g/mol. The molecule has 0 N–H and O–H groups in total. The van der Waals surface area contributed by atoms with Gasteiger partial charge in [-0.25, -0.2) is 0 Å². The lowest BCUT2D eigenvalue weighted by Gasteiger charge is -2.28. The molecule has 1 atom stereocenters. The Morgan fingerprint density at radius 3 is 2.78 bits per heavy atom. The van der Waals surface area contributed by atoms with E-state index in [-0.39, 0.29) is 5.91 Å². The number of hydrogen-bond acceptors (Lipinski definition) is 3. The summed E-state index contributed by atoms with van der Waals surface area (Å²) >= 11 is 0. The van der Waals surface area contributed by atoms with Crippen molar-refractivity contribution in [1.82, 2.24) is 10.1 Å². The van der Waals surface area contributed by atoms with Crippen LogP contribution in [0.15, 0.2) is 10.6 Å². The van der Waals surface area contributed by atoms with Crippen molar-refractivity contribution in [2.75, 3.05) is 6.54 Å². The molecule has 1 aliphatic carbocycles. The summed E-state index contributed by atoms with van der Waals surface area (Å²) in [5, 5.41) is 3.86. The number of likely N-dealkylation sites (tertiary alicyclic amines) is 1. The Balaban J connectivity index is 1.75. The molecule has 0 unspecified atom stereocenters. The van der Waals surface area contributed by atoms with Crippen LogP contribution >= 0.6 is 0 Å². The molecule has 1 aromatic rings. The Hall–Kier alpha value is -1.32. The highest BCUT2D eigenvalue weighted by Crippen LogP contribution is 2.35. The SMILES string of the molecule is Cc1cc(C(=O)N2CCC[C@H]2C2CCCC2)no1. The molecule has 18 heavy (non-hydrogen) atoms. The molecule has 1 saturated carbocycles. The molecule has 1 saturated heterocycles. The molecule has 1 aromatic heterocycles. The molecule has 0 spiro atoms. The van der Waals surface area contributed by atoms with Crippen molar-refractivity contribution in [3.63, 3.8) is 0 Å². The molecule has 1 aliphatic heterocycles. The van der Waals surface area contributed by atoms with Gasteiger partial charge >= 0.3 is 0 Å². The number of nitrogens with zero attached hydrogens (tertiary/aromatic N) is 2. The van der Waals surface area contributed by atoms with Gasteiger partial charge < -0.3 is 9.42 Å². The van der Waals surface area contributed by atoms with E-state index in [0.717, 1.165) is 19.4 Å². The minimum Gasteiger partial charge on any atom is -0.361 e. The summed E-state index contributed by atoms with van der Waals surface area (Å²) in [7, 11) is 0. The van der Waals surface area contributed by atoms with Gasteiger partial charge in [0, 0.05) is 18.7 Å². The molecule has 98 valence electrons. The van der Waals surface area contributed by atoms with Crippen LogP contribution in [0.5, 0.6) is 0 Å². The highest BCUT2D eigenvalue weighted by atomic mass is 16.5. The fourth-order valence-corrected chi connectivity index (χ4v) is 3.49. The molecule has 0 bridgehead atoms. The smallest absolute Gasteiger partial charge is 0.276 e. The van der Waals surface area contributed by atoms with Gasteiger partial charge in [0.25, 0.3) is 5.91 Å². The molecule has 2 aliphatic rings. The topological polar surface area (TPSA) is 46.3 Å². The van der Waals surface area contributed by atoms with Crippen LogP contribution in [0.1, 0.15) is 54.8 Å². The van der Waals surface area contributed by atoms with Gasteiger partial charge in [-0.2, -0.15) is 0 Å². The lowest BCUT2D eigenvalue weighted by atomic mass is 9.96. The number of carbonyl (C=O) groups is 1. The molecule has 0 radical (unpaired) electrons. The Kier molecular flexibility index (Phi) is 3.10. The maximum Gasteiger partial charge on any atom is 0.276 e. The van der Waals surface area contributed by atoms with Crippen LogP contribution in [0, 0.1) is 12.8 Å². The highest BCUT2D eigenvalue weighted by molar-refractivity contribution is 5.92. The average molecular weight is 248 g/mol. The molecule has 4 heteroatoms. The van der Waals surface area contributed by atoms with Gasteiger partial charge in [0.2, 0.25) is 0 Å². The molecule has 0 aromatic carbocycles. The summed E-state index contributed by atoms with van der Waals surface area (Å²) in [4.78, 5) is 14.5. The van der Waals surface area contributed by atoms with E-state index in [9.17, 15) is 4.79 Å². The second kappa shape index (κ2) is 4.75. The maximum atomic E-state index is 12.4. The predicted octanol–water partition coefficient (Wildman–Crippen LogP) is 2.78. The monoisotopic (exact) mass is 248 g/mol. The van der Waals surface area contributed by atoms with Crippen molar-refractivity contribution in [3.05, 3.63) is 17.5 Å². The van der Waals surface area contributed by atoms with E-state index in [0.29, 0.717) is 23.4 Å². The molecule has 1 amide bonds. The van der Waals surface area contributed by atoms with Gasteiger partial charge in [-0.15, -0.1) is 0 Å². The predicted molar refractivity (Wildman–Crippen MR) is 67.3 cm³/mol. The number of aryl methyl sites for hydroxylation is 1. The van der Waals surface area contributed by atoms with Gasteiger partial charge in [0.1, 0.15) is 5.76 Å². The first-order chi connectivity index (χ1) is 8.75. The summed E-state index contributed by atoms with van der Waals surface area (Å²) in [5.74, 6) is 1.47. The van der Waals surface area contributed by atoms with Crippen molar-refractivity contribution in [3.8, 4) is 0 Å². The van der Waals surface area contributed by atoms with Crippen molar-refractivity contribution >= 4 is 5.91 Å². The zero-order valence-corrected chi connectivity index (χ0v) is 10.9. The maximum absolute atomic E-state index is 12.4. The van der Waals surface area contributed by atoms with E-state index >= 15 is 0 Å². The summed E-state index contributed by atoms with van der Waals surface area (Å²) < 4.78 is 5.01. The van der Waals surface area contributed by atoms with Crippen LogP contribution in [0.2, 0.25) is 0 Å². The van der Waals surface area contributed by atoms with Gasteiger partial charge in [-0.05, 0) is 38.5 Å². The van der Waals surface area contributed by atoms with Gasteiger partial charge in [-0.3, -0.25) is 4.79 Å². The van der Waals surface area contributed by atoms with Crippen LogP contribution in [-0.2, 0) is 0 Å². The van der Waals surface area contributed by atoms with Crippen LogP contribution in [-0.4, -0.2) is 28.6 Å². The van der Waals surface area contributed by atoms with E-state index in [4.69, 9.17) is 4.52 Å². The number of hydrogen-bond donors (Lipinski definition) is 0. The number of rotatable bonds is 2. The summed E-state index contributed by atoms with van der Waals surface area (Å²) in [6.45, 7) is 2.70. The number of amides is 1. The van der Waals surface area contributed by atoms with Gasteiger partial charge in [-0.1, -0.05) is 18.0 Å². The van der Waals surface area contributed by atoms with Crippen LogP contribution in [0.3, 0.4) is 0 Å². The Morgan fingerprint density at radius 1 is 1.33 bits per heavy atom. The zero-order chi connectivity index (χ0) is 12.5. The molecule has 2 heterocycles. The quantitative estimate of drug-likeness (QED) is 0.808. The van der Waals surface area contributed by atoms with E-state index in [1.807, 2.05) is 11.8 Å². The molecule has 2 fully saturated rings. The van der Waals surface area contributed by atoms with Crippen molar-refractivity contribution in [1.29, 1.82) is 0 Å². The minimum absolute atomic E-state index is 0.0567. The highest BCUT2D eigenvalue weighted by Gasteiger charge is 2.36. The summed E-state index contributed by atoms with van der Waals surface area (Å²) in [5.41, 5.74) is 0.470. The average Bonchev–Trinajstić information content (AvgIpc) is 3.08. The molecular formula is C14H20N2O2. The van der Waals surface area contributed by atoms with Crippen LogP contribution < -0.4 is 0 Å². The van der Waals surface area contributed by atoms with Crippen molar-refractivity contribution in [2.45, 2.75) is 51.5 Å². The molecule has 3 rings (SSSR count). The fraction of sp³-hybridized carbons (Fsp3) is 0.714. The zero-order valence-electron chi connectivity index (χ0n) is 10.9. The minimum atomic E-state index is 0.0567. The first-order valence-corrected chi connectivity index (χ1v) is 7.00. The van der Waals surface area contributed by atoms with E-state index in [1.54, 1.807) is 6.07 Å². The third-order valence-electron chi connectivity index (χ3n) is 4.35. The summed E-state index contributed by atoms with van der Waals surface area (Å²) in [6, 6.07) is 2.18. The second-order valence-corrected chi connectivity index (χ2v) is 5.58. The summed E-state index contributed by atoms with van der Waals surface area (Å²) in [6.07, 6.45) is 7.51. The lowest BCUT2D eigenvalue weighted by Crippen LogP contribution is -2.39. The lowest BCUT2D eigenvalue weighted by molar-refractivity contribution is 0.0678. The third kappa shape index (κ3) is 2.04. The largest absolute Gasteiger partial charge is 0.361 e.